The molecule has 0 saturated heterocycles. The lowest BCUT2D eigenvalue weighted by Gasteiger charge is -2.31. The van der Waals surface area contributed by atoms with Crippen molar-refractivity contribution in [1.29, 1.82) is 0 Å². The van der Waals surface area contributed by atoms with Crippen molar-refractivity contribution >= 4 is 17.5 Å². The second-order valence-corrected chi connectivity index (χ2v) is 7.65. The first-order valence-electron chi connectivity index (χ1n) is 10.2. The van der Waals surface area contributed by atoms with E-state index in [0.29, 0.717) is 5.69 Å². The summed E-state index contributed by atoms with van der Waals surface area (Å²) in [6.45, 7) is 2.12. The molecule has 3 rings (SSSR count). The number of anilines is 1. The van der Waals surface area contributed by atoms with E-state index in [0.717, 1.165) is 31.2 Å². The summed E-state index contributed by atoms with van der Waals surface area (Å²) in [5.41, 5.74) is 1.56. The number of amides is 2. The number of aromatic nitrogens is 2. The molecule has 1 fully saturated rings. The second-order valence-electron chi connectivity index (χ2n) is 7.65. The van der Waals surface area contributed by atoms with Crippen LogP contribution in [0.5, 0.6) is 0 Å². The van der Waals surface area contributed by atoms with E-state index in [1.807, 2.05) is 38.2 Å². The lowest BCUT2D eigenvalue weighted by Crippen LogP contribution is -2.39. The molecule has 0 aliphatic heterocycles. The number of rotatable bonds is 6. The SMILES string of the molecule is Cc1ccc(NC(=O)c2ccc(=O)n(CCC(=O)N(C)C3CCCCC3)n2)cc1. The number of hydrogen-bond donors (Lipinski definition) is 1. The molecule has 1 aromatic carbocycles. The van der Waals surface area contributed by atoms with Crippen molar-refractivity contribution in [2.24, 2.45) is 0 Å². The van der Waals surface area contributed by atoms with E-state index in [1.165, 1.54) is 23.2 Å². The molecule has 7 nitrogen and oxygen atoms in total. The van der Waals surface area contributed by atoms with Gasteiger partial charge in [0.25, 0.3) is 11.5 Å². The normalized spacial score (nSPS) is 14.4. The minimum Gasteiger partial charge on any atom is -0.343 e. The lowest BCUT2D eigenvalue weighted by molar-refractivity contribution is -0.132. The van der Waals surface area contributed by atoms with E-state index in [1.54, 1.807) is 4.90 Å². The van der Waals surface area contributed by atoms with E-state index in [2.05, 4.69) is 10.4 Å². The van der Waals surface area contributed by atoms with Gasteiger partial charge in [-0.15, -0.1) is 0 Å². The van der Waals surface area contributed by atoms with Crippen LogP contribution in [-0.2, 0) is 11.3 Å². The second kappa shape index (κ2) is 9.49. The summed E-state index contributed by atoms with van der Waals surface area (Å²) in [5, 5.41) is 6.92. The average Bonchev–Trinajstić information content (AvgIpc) is 2.74. The topological polar surface area (TPSA) is 84.3 Å². The standard InChI is InChI=1S/C22H28N4O3/c1-16-8-10-17(11-9-16)23-22(29)19-12-13-21(28)26(24-19)15-14-20(27)25(2)18-6-4-3-5-7-18/h8-13,18H,3-7,14-15H2,1-2H3,(H,23,29). The van der Waals surface area contributed by atoms with Gasteiger partial charge in [-0.2, -0.15) is 5.10 Å². The molecule has 1 N–H and O–H groups in total. The van der Waals surface area contributed by atoms with Crippen LogP contribution in [0.1, 0.15) is 54.6 Å². The molecule has 0 spiro atoms. The van der Waals surface area contributed by atoms with Crippen LogP contribution in [0.2, 0.25) is 0 Å². The fourth-order valence-corrected chi connectivity index (χ4v) is 3.61. The fourth-order valence-electron chi connectivity index (χ4n) is 3.61. The van der Waals surface area contributed by atoms with Crippen molar-refractivity contribution in [3.63, 3.8) is 0 Å². The summed E-state index contributed by atoms with van der Waals surface area (Å²) >= 11 is 0. The summed E-state index contributed by atoms with van der Waals surface area (Å²) in [7, 11) is 1.83. The molecule has 0 unspecified atom stereocenters. The minimum absolute atomic E-state index is 0.000102. The molecular weight excluding hydrogens is 368 g/mol. The zero-order valence-corrected chi connectivity index (χ0v) is 17.1. The van der Waals surface area contributed by atoms with Gasteiger partial charge in [-0.1, -0.05) is 37.0 Å². The molecule has 7 heteroatoms. The lowest BCUT2D eigenvalue weighted by atomic mass is 9.94. The highest BCUT2D eigenvalue weighted by Gasteiger charge is 2.22. The quantitative estimate of drug-likeness (QED) is 0.814. The van der Waals surface area contributed by atoms with Crippen molar-refractivity contribution in [3.8, 4) is 0 Å². The van der Waals surface area contributed by atoms with Gasteiger partial charge in [-0.25, -0.2) is 4.68 Å². The van der Waals surface area contributed by atoms with E-state index in [9.17, 15) is 14.4 Å². The highest BCUT2D eigenvalue weighted by atomic mass is 16.2. The molecule has 1 aromatic heterocycles. The van der Waals surface area contributed by atoms with Crippen LogP contribution < -0.4 is 10.9 Å². The summed E-state index contributed by atoms with van der Waals surface area (Å²) in [4.78, 5) is 38.9. The Balaban J connectivity index is 1.62. The van der Waals surface area contributed by atoms with Crippen LogP contribution >= 0.6 is 0 Å². The Morgan fingerprint density at radius 3 is 2.48 bits per heavy atom. The van der Waals surface area contributed by atoms with Crippen LogP contribution in [0.15, 0.2) is 41.2 Å². The zero-order valence-electron chi connectivity index (χ0n) is 17.1. The van der Waals surface area contributed by atoms with Crippen LogP contribution in [0, 0.1) is 6.92 Å². The highest BCUT2D eigenvalue weighted by molar-refractivity contribution is 6.02. The van der Waals surface area contributed by atoms with Gasteiger partial charge < -0.3 is 10.2 Å². The van der Waals surface area contributed by atoms with Gasteiger partial charge in [0.05, 0.1) is 6.54 Å². The van der Waals surface area contributed by atoms with E-state index in [-0.39, 0.29) is 36.2 Å². The van der Waals surface area contributed by atoms with Crippen molar-refractivity contribution in [1.82, 2.24) is 14.7 Å². The summed E-state index contributed by atoms with van der Waals surface area (Å²) in [5.74, 6) is -0.395. The molecule has 29 heavy (non-hydrogen) atoms. The molecule has 1 saturated carbocycles. The van der Waals surface area contributed by atoms with Gasteiger partial charge in [0.15, 0.2) is 0 Å². The monoisotopic (exact) mass is 396 g/mol. The third-order valence-corrected chi connectivity index (χ3v) is 5.46. The first kappa shape index (κ1) is 20.8. The van der Waals surface area contributed by atoms with Gasteiger partial charge in [0, 0.05) is 31.3 Å². The minimum atomic E-state index is -0.395. The first-order chi connectivity index (χ1) is 13.9. The van der Waals surface area contributed by atoms with Gasteiger partial charge in [0.1, 0.15) is 5.69 Å². The predicted octanol–water partition coefficient (Wildman–Crippen LogP) is 2.99. The maximum atomic E-state index is 12.5. The van der Waals surface area contributed by atoms with Crippen LogP contribution in [0.25, 0.3) is 0 Å². The maximum Gasteiger partial charge on any atom is 0.276 e. The Bertz CT molecular complexity index is 914. The summed E-state index contributed by atoms with van der Waals surface area (Å²) in [6, 6.07) is 10.4. The molecule has 2 amide bonds. The number of benzene rings is 1. The Kier molecular flexibility index (Phi) is 6.80. The highest BCUT2D eigenvalue weighted by Crippen LogP contribution is 2.22. The number of carbonyl (C=O) groups is 2. The smallest absolute Gasteiger partial charge is 0.276 e. The number of hydrogen-bond acceptors (Lipinski definition) is 4. The summed E-state index contributed by atoms with van der Waals surface area (Å²) in [6.07, 6.45) is 5.80. The molecule has 154 valence electrons. The fraction of sp³-hybridized carbons (Fsp3) is 0.455. The predicted molar refractivity (Wildman–Crippen MR) is 112 cm³/mol. The Labute approximate surface area is 170 Å². The Morgan fingerprint density at radius 2 is 1.79 bits per heavy atom. The van der Waals surface area contributed by atoms with Crippen LogP contribution in [0.4, 0.5) is 5.69 Å². The van der Waals surface area contributed by atoms with Crippen LogP contribution in [0.3, 0.4) is 0 Å². The van der Waals surface area contributed by atoms with Crippen LogP contribution in [-0.4, -0.2) is 39.6 Å². The van der Waals surface area contributed by atoms with E-state index < -0.39 is 5.91 Å². The molecule has 0 atom stereocenters. The van der Waals surface area contributed by atoms with Gasteiger partial charge in [-0.3, -0.25) is 14.4 Å². The Morgan fingerprint density at radius 1 is 1.10 bits per heavy atom. The van der Waals surface area contributed by atoms with Crippen molar-refractivity contribution in [2.45, 2.75) is 58.0 Å². The first-order valence-corrected chi connectivity index (χ1v) is 10.2. The molecule has 0 bridgehead atoms. The van der Waals surface area contributed by atoms with Crippen molar-refractivity contribution < 1.29 is 9.59 Å². The van der Waals surface area contributed by atoms with Crippen molar-refractivity contribution in [2.75, 3.05) is 12.4 Å². The van der Waals surface area contributed by atoms with E-state index >= 15 is 0 Å². The van der Waals surface area contributed by atoms with Gasteiger partial charge >= 0.3 is 0 Å². The molecule has 1 heterocycles. The number of nitrogens with one attached hydrogen (secondary N) is 1. The molecule has 1 aliphatic rings. The Hall–Kier alpha value is -2.96. The average molecular weight is 396 g/mol. The van der Waals surface area contributed by atoms with E-state index in [4.69, 9.17) is 0 Å². The molecule has 0 radical (unpaired) electrons. The maximum absolute atomic E-state index is 12.5. The molecule has 1 aliphatic carbocycles. The van der Waals surface area contributed by atoms with Gasteiger partial charge in [-0.05, 0) is 38.0 Å². The van der Waals surface area contributed by atoms with Crippen molar-refractivity contribution in [3.05, 3.63) is 58.0 Å². The number of aryl methyl sites for hydroxylation is 2. The summed E-state index contributed by atoms with van der Waals surface area (Å²) < 4.78 is 1.19. The largest absolute Gasteiger partial charge is 0.343 e. The number of nitrogens with zero attached hydrogens (tertiary/aromatic N) is 3. The molecular formula is C22H28N4O3. The third kappa shape index (κ3) is 5.53. The number of carbonyl (C=O) groups excluding carboxylic acids is 2. The zero-order chi connectivity index (χ0) is 20.8. The molecule has 2 aromatic rings. The van der Waals surface area contributed by atoms with Gasteiger partial charge in [0.2, 0.25) is 5.91 Å². The third-order valence-electron chi connectivity index (χ3n) is 5.46.